The molecule has 80 valence electrons. The molecule has 1 aromatic rings. The van der Waals surface area contributed by atoms with E-state index in [0.29, 0.717) is 6.42 Å². The first-order valence-electron chi connectivity index (χ1n) is 4.73. The van der Waals surface area contributed by atoms with Crippen molar-refractivity contribution in [2.75, 3.05) is 0 Å². The van der Waals surface area contributed by atoms with Crippen molar-refractivity contribution in [3.05, 3.63) is 47.0 Å². The van der Waals surface area contributed by atoms with Gasteiger partial charge >= 0.3 is 0 Å². The molecule has 0 aliphatic rings. The highest BCUT2D eigenvalue weighted by Crippen LogP contribution is 2.16. The SMILES string of the molecule is CC/C=C/C(=O)c1ccc(C)c(F)c1F. The van der Waals surface area contributed by atoms with Crippen molar-refractivity contribution in [2.45, 2.75) is 20.3 Å². The van der Waals surface area contributed by atoms with E-state index in [-0.39, 0.29) is 11.1 Å². The molecule has 0 bridgehead atoms. The van der Waals surface area contributed by atoms with E-state index < -0.39 is 17.4 Å². The van der Waals surface area contributed by atoms with Crippen molar-refractivity contribution in [3.63, 3.8) is 0 Å². The summed E-state index contributed by atoms with van der Waals surface area (Å²) in [5.74, 6) is -2.53. The summed E-state index contributed by atoms with van der Waals surface area (Å²) in [6.45, 7) is 3.31. The Morgan fingerprint density at radius 2 is 2.00 bits per heavy atom. The van der Waals surface area contributed by atoms with Crippen molar-refractivity contribution in [2.24, 2.45) is 0 Å². The number of carbonyl (C=O) groups excluding carboxylic acids is 1. The molecule has 0 amide bonds. The van der Waals surface area contributed by atoms with Gasteiger partial charge in [-0.1, -0.05) is 19.1 Å². The molecule has 0 atom stereocenters. The van der Waals surface area contributed by atoms with Gasteiger partial charge in [0.1, 0.15) is 0 Å². The van der Waals surface area contributed by atoms with Crippen LogP contribution < -0.4 is 0 Å². The first-order chi connectivity index (χ1) is 7.07. The molecule has 0 saturated carbocycles. The number of aryl methyl sites for hydroxylation is 1. The molecule has 0 N–H and O–H groups in total. The van der Waals surface area contributed by atoms with Gasteiger partial charge in [0.15, 0.2) is 17.4 Å². The van der Waals surface area contributed by atoms with Crippen LogP contribution in [0.3, 0.4) is 0 Å². The summed E-state index contributed by atoms with van der Waals surface area (Å²) < 4.78 is 26.4. The monoisotopic (exact) mass is 210 g/mol. The van der Waals surface area contributed by atoms with Gasteiger partial charge in [-0.05, 0) is 31.1 Å². The number of rotatable bonds is 3. The fraction of sp³-hybridized carbons (Fsp3) is 0.250. The van der Waals surface area contributed by atoms with Crippen LogP contribution >= 0.6 is 0 Å². The predicted molar refractivity (Wildman–Crippen MR) is 54.9 cm³/mol. The molecule has 15 heavy (non-hydrogen) atoms. The van der Waals surface area contributed by atoms with E-state index >= 15 is 0 Å². The lowest BCUT2D eigenvalue weighted by Crippen LogP contribution is -2.02. The number of halogens is 2. The summed E-state index contributed by atoms with van der Waals surface area (Å²) in [6.07, 6.45) is 3.55. The van der Waals surface area contributed by atoms with Crippen LogP contribution in [0.1, 0.15) is 29.3 Å². The summed E-state index contributed by atoms with van der Waals surface area (Å²) in [4.78, 5) is 11.4. The van der Waals surface area contributed by atoms with Gasteiger partial charge in [0, 0.05) is 0 Å². The van der Waals surface area contributed by atoms with Crippen LogP contribution in [0.2, 0.25) is 0 Å². The van der Waals surface area contributed by atoms with Crippen LogP contribution in [0.25, 0.3) is 0 Å². The number of hydrogen-bond acceptors (Lipinski definition) is 1. The maximum absolute atomic E-state index is 13.3. The molecule has 0 unspecified atom stereocenters. The van der Waals surface area contributed by atoms with Crippen LogP contribution in [-0.4, -0.2) is 5.78 Å². The molecule has 0 aliphatic carbocycles. The van der Waals surface area contributed by atoms with Gasteiger partial charge in [-0.2, -0.15) is 0 Å². The largest absolute Gasteiger partial charge is 0.289 e. The van der Waals surface area contributed by atoms with Gasteiger partial charge in [-0.15, -0.1) is 0 Å². The topological polar surface area (TPSA) is 17.1 Å². The summed E-state index contributed by atoms with van der Waals surface area (Å²) >= 11 is 0. The van der Waals surface area contributed by atoms with E-state index in [0.717, 1.165) is 0 Å². The zero-order valence-electron chi connectivity index (χ0n) is 8.68. The summed E-state index contributed by atoms with van der Waals surface area (Å²) in [5, 5.41) is 0. The molecule has 0 heterocycles. The van der Waals surface area contributed by atoms with Crippen LogP contribution in [0, 0.1) is 18.6 Å². The second-order valence-electron chi connectivity index (χ2n) is 3.23. The summed E-state index contributed by atoms with van der Waals surface area (Å²) in [5.41, 5.74) is -0.0219. The minimum atomic E-state index is -1.07. The van der Waals surface area contributed by atoms with E-state index in [9.17, 15) is 13.6 Å². The smallest absolute Gasteiger partial charge is 0.188 e. The first kappa shape index (κ1) is 11.6. The Kier molecular flexibility index (Phi) is 3.72. The Bertz CT molecular complexity index is 408. The lowest BCUT2D eigenvalue weighted by atomic mass is 10.1. The molecule has 0 saturated heterocycles. The molecule has 1 rings (SSSR count). The third-order valence-electron chi connectivity index (χ3n) is 2.05. The molecular formula is C12H12F2O. The zero-order valence-corrected chi connectivity index (χ0v) is 8.68. The van der Waals surface area contributed by atoms with Gasteiger partial charge in [0.05, 0.1) is 5.56 Å². The second kappa shape index (κ2) is 4.82. The van der Waals surface area contributed by atoms with Crippen molar-refractivity contribution in [1.29, 1.82) is 0 Å². The fourth-order valence-electron chi connectivity index (χ4n) is 1.15. The van der Waals surface area contributed by atoms with Gasteiger partial charge < -0.3 is 0 Å². The standard InChI is InChI=1S/C12H12F2O/c1-3-4-5-10(15)9-7-6-8(2)11(13)12(9)14/h4-7H,3H2,1-2H3/b5-4+. The zero-order chi connectivity index (χ0) is 11.4. The van der Waals surface area contributed by atoms with E-state index in [1.807, 2.05) is 6.92 Å². The van der Waals surface area contributed by atoms with Crippen molar-refractivity contribution < 1.29 is 13.6 Å². The number of allylic oxidation sites excluding steroid dienone is 2. The Balaban J connectivity index is 3.11. The number of ketones is 1. The van der Waals surface area contributed by atoms with Crippen molar-refractivity contribution in [1.82, 2.24) is 0 Å². The van der Waals surface area contributed by atoms with Crippen molar-refractivity contribution in [3.8, 4) is 0 Å². The Labute approximate surface area is 87.4 Å². The average molecular weight is 210 g/mol. The predicted octanol–water partition coefficient (Wildman–Crippen LogP) is 3.42. The average Bonchev–Trinajstić information content (AvgIpc) is 2.23. The van der Waals surface area contributed by atoms with Crippen LogP contribution in [0.15, 0.2) is 24.3 Å². The highest BCUT2D eigenvalue weighted by atomic mass is 19.2. The molecule has 0 aliphatic heterocycles. The van der Waals surface area contributed by atoms with E-state index in [4.69, 9.17) is 0 Å². The van der Waals surface area contributed by atoms with Gasteiger partial charge in [0.25, 0.3) is 0 Å². The second-order valence-corrected chi connectivity index (χ2v) is 3.23. The maximum Gasteiger partial charge on any atom is 0.188 e. The molecule has 1 nitrogen and oxygen atoms in total. The maximum atomic E-state index is 13.3. The third-order valence-corrected chi connectivity index (χ3v) is 2.05. The quantitative estimate of drug-likeness (QED) is 0.551. The molecule has 3 heteroatoms. The number of hydrogen-bond donors (Lipinski definition) is 0. The summed E-state index contributed by atoms with van der Waals surface area (Å²) in [7, 11) is 0. The molecule has 0 radical (unpaired) electrons. The Morgan fingerprint density at radius 1 is 1.33 bits per heavy atom. The van der Waals surface area contributed by atoms with Crippen molar-refractivity contribution >= 4 is 5.78 Å². The first-order valence-corrected chi connectivity index (χ1v) is 4.73. The van der Waals surface area contributed by atoms with Gasteiger partial charge in [-0.25, -0.2) is 8.78 Å². The molecular weight excluding hydrogens is 198 g/mol. The highest BCUT2D eigenvalue weighted by Gasteiger charge is 2.14. The molecule has 1 aromatic carbocycles. The van der Waals surface area contributed by atoms with E-state index in [2.05, 4.69) is 0 Å². The van der Waals surface area contributed by atoms with Crippen LogP contribution in [0.4, 0.5) is 8.78 Å². The minimum absolute atomic E-state index is 0.198. The normalized spacial score (nSPS) is 10.9. The van der Waals surface area contributed by atoms with Gasteiger partial charge in [-0.3, -0.25) is 4.79 Å². The fourth-order valence-corrected chi connectivity index (χ4v) is 1.15. The highest BCUT2D eigenvalue weighted by molar-refractivity contribution is 6.04. The Hall–Kier alpha value is -1.51. The Morgan fingerprint density at radius 3 is 2.60 bits per heavy atom. The van der Waals surface area contributed by atoms with E-state index in [1.165, 1.54) is 25.1 Å². The lowest BCUT2D eigenvalue weighted by molar-refractivity contribution is 0.104. The molecule has 0 aromatic heterocycles. The number of carbonyl (C=O) groups is 1. The van der Waals surface area contributed by atoms with Gasteiger partial charge in [0.2, 0.25) is 0 Å². The minimum Gasteiger partial charge on any atom is -0.289 e. The van der Waals surface area contributed by atoms with E-state index in [1.54, 1.807) is 6.08 Å². The number of benzene rings is 1. The van der Waals surface area contributed by atoms with Crippen LogP contribution in [-0.2, 0) is 0 Å². The third kappa shape index (κ3) is 2.49. The molecule has 0 spiro atoms. The summed E-state index contributed by atoms with van der Waals surface area (Å²) in [6, 6.07) is 2.70. The van der Waals surface area contributed by atoms with Crippen LogP contribution in [0.5, 0.6) is 0 Å². The lowest BCUT2D eigenvalue weighted by Gasteiger charge is -2.02. The molecule has 0 fully saturated rings.